The molecule has 4 nitrogen and oxygen atoms in total. The van der Waals surface area contributed by atoms with Crippen molar-refractivity contribution in [2.75, 3.05) is 6.61 Å². The molecule has 4 heteroatoms. The summed E-state index contributed by atoms with van der Waals surface area (Å²) in [6.07, 6.45) is 9.04. The van der Waals surface area contributed by atoms with Gasteiger partial charge in [0.2, 0.25) is 5.39 Å². The molecular weight excluding hydrogens is 252 g/mol. The summed E-state index contributed by atoms with van der Waals surface area (Å²) in [6.45, 7) is 2.32. The molecule has 0 aliphatic carbocycles. The van der Waals surface area contributed by atoms with E-state index >= 15 is 0 Å². The molecule has 0 aliphatic rings. The van der Waals surface area contributed by atoms with Gasteiger partial charge in [0.1, 0.15) is 6.61 Å². The van der Waals surface area contributed by atoms with E-state index in [9.17, 15) is 5.11 Å². The third-order valence-corrected chi connectivity index (χ3v) is 2.50. The summed E-state index contributed by atoms with van der Waals surface area (Å²) >= 11 is 0. The maximum atomic E-state index is 9.66. The number of allylic oxidation sites excluding steroid dienone is 2. The average Bonchev–Trinajstić information content (AvgIpc) is 2.48. The first-order valence-corrected chi connectivity index (χ1v) is 6.57. The van der Waals surface area contributed by atoms with Gasteiger partial charge in [0.05, 0.1) is 0 Å². The van der Waals surface area contributed by atoms with Crippen molar-refractivity contribution in [2.24, 2.45) is 0 Å². The van der Waals surface area contributed by atoms with E-state index < -0.39 is 5.95 Å². The van der Waals surface area contributed by atoms with E-state index in [4.69, 9.17) is 10.1 Å². The smallest absolute Gasteiger partial charge is 0.464 e. The summed E-state index contributed by atoms with van der Waals surface area (Å²) in [5, 5.41) is 18.5. The molecular formula is C16H19N2O2+. The lowest BCUT2D eigenvalue weighted by Crippen LogP contribution is -1.93. The first-order valence-electron chi connectivity index (χ1n) is 6.57. The van der Waals surface area contributed by atoms with Gasteiger partial charge in [0, 0.05) is 6.08 Å². The van der Waals surface area contributed by atoms with Gasteiger partial charge in [-0.3, -0.25) is 0 Å². The van der Waals surface area contributed by atoms with E-state index in [-0.39, 0.29) is 12.3 Å². The number of rotatable bonds is 7. The molecule has 1 N–H and O–H groups in total. The first-order chi connectivity index (χ1) is 9.77. The van der Waals surface area contributed by atoms with Crippen molar-refractivity contribution in [1.29, 1.82) is 5.39 Å². The standard InChI is InChI=1S/C16H18N2O2/c1-2-3-4-8-13-20-16(19)15(18-17)12-11-14-9-6-5-7-10-14/h4-12H,2-3,13H2,1H3/p+1/b8-4+,12-11+,16-15-. The van der Waals surface area contributed by atoms with Crippen LogP contribution in [0.25, 0.3) is 11.1 Å². The molecule has 0 spiro atoms. The van der Waals surface area contributed by atoms with Gasteiger partial charge in [-0.1, -0.05) is 55.8 Å². The second-order valence-corrected chi connectivity index (χ2v) is 4.11. The molecule has 0 unspecified atom stereocenters. The van der Waals surface area contributed by atoms with Crippen LogP contribution in [0.1, 0.15) is 25.3 Å². The maximum Gasteiger partial charge on any atom is 0.464 e. The van der Waals surface area contributed by atoms with Gasteiger partial charge in [-0.15, -0.1) is 0 Å². The van der Waals surface area contributed by atoms with Crippen LogP contribution in [0.5, 0.6) is 0 Å². The van der Waals surface area contributed by atoms with Crippen molar-refractivity contribution >= 4 is 6.08 Å². The van der Waals surface area contributed by atoms with Crippen LogP contribution in [-0.4, -0.2) is 11.7 Å². The highest BCUT2D eigenvalue weighted by atomic mass is 16.6. The molecule has 0 atom stereocenters. The molecule has 0 bridgehead atoms. The van der Waals surface area contributed by atoms with Crippen LogP contribution in [0.15, 0.2) is 60.2 Å². The van der Waals surface area contributed by atoms with E-state index in [0.29, 0.717) is 0 Å². The zero-order valence-electron chi connectivity index (χ0n) is 11.6. The Kier molecular flexibility index (Phi) is 7.29. The van der Waals surface area contributed by atoms with Crippen LogP contribution >= 0.6 is 0 Å². The van der Waals surface area contributed by atoms with Gasteiger partial charge in [-0.2, -0.15) is 0 Å². The van der Waals surface area contributed by atoms with Crippen LogP contribution in [0, 0.1) is 5.39 Å². The van der Waals surface area contributed by atoms with Crippen molar-refractivity contribution < 1.29 is 9.84 Å². The Bertz CT molecular complexity index is 525. The second kappa shape index (κ2) is 9.40. The number of aliphatic hydroxyl groups excluding tert-OH is 1. The van der Waals surface area contributed by atoms with Gasteiger partial charge in [-0.05, 0) is 18.1 Å². The molecule has 0 heterocycles. The van der Waals surface area contributed by atoms with Crippen molar-refractivity contribution in [3.63, 3.8) is 0 Å². The summed E-state index contributed by atoms with van der Waals surface area (Å²) in [6, 6.07) is 9.50. The number of hydrogen-bond donors (Lipinski definition) is 1. The summed E-state index contributed by atoms with van der Waals surface area (Å²) < 4.78 is 5.07. The Labute approximate surface area is 119 Å². The Morgan fingerprint density at radius 2 is 2.05 bits per heavy atom. The minimum Gasteiger partial charge on any atom is -0.475 e. The number of aliphatic hydroxyl groups is 1. The molecule has 20 heavy (non-hydrogen) atoms. The zero-order valence-corrected chi connectivity index (χ0v) is 11.6. The molecule has 0 radical (unpaired) electrons. The quantitative estimate of drug-likeness (QED) is 0.340. The highest BCUT2D eigenvalue weighted by molar-refractivity contribution is 5.53. The first kappa shape index (κ1) is 15.5. The Morgan fingerprint density at radius 1 is 1.30 bits per heavy atom. The highest BCUT2D eigenvalue weighted by Crippen LogP contribution is 2.10. The largest absolute Gasteiger partial charge is 0.475 e. The number of unbranched alkanes of at least 4 members (excludes halogenated alkanes) is 1. The van der Waals surface area contributed by atoms with Crippen molar-refractivity contribution in [1.82, 2.24) is 0 Å². The molecule has 0 amide bonds. The van der Waals surface area contributed by atoms with E-state index in [1.54, 1.807) is 6.08 Å². The van der Waals surface area contributed by atoms with Gasteiger partial charge >= 0.3 is 11.6 Å². The average molecular weight is 271 g/mol. The minimum absolute atomic E-state index is 0.0160. The van der Waals surface area contributed by atoms with Crippen LogP contribution in [0.3, 0.4) is 0 Å². The summed E-state index contributed by atoms with van der Waals surface area (Å²) in [5.41, 5.74) is 0.919. The Morgan fingerprint density at radius 3 is 2.70 bits per heavy atom. The summed E-state index contributed by atoms with van der Waals surface area (Å²) in [5.74, 6) is -0.402. The third kappa shape index (κ3) is 5.87. The van der Waals surface area contributed by atoms with E-state index in [1.807, 2.05) is 42.5 Å². The molecule has 0 aromatic heterocycles. The molecule has 1 aromatic carbocycles. The van der Waals surface area contributed by atoms with Crippen LogP contribution in [0.4, 0.5) is 0 Å². The van der Waals surface area contributed by atoms with Crippen LogP contribution < -0.4 is 0 Å². The maximum absolute atomic E-state index is 9.66. The van der Waals surface area contributed by atoms with Gasteiger partial charge < -0.3 is 9.84 Å². The molecule has 104 valence electrons. The van der Waals surface area contributed by atoms with E-state index in [0.717, 1.165) is 18.4 Å². The van der Waals surface area contributed by atoms with Gasteiger partial charge in [0.25, 0.3) is 0 Å². The zero-order chi connectivity index (χ0) is 14.6. The molecule has 1 aromatic rings. The molecule has 0 saturated heterocycles. The molecule has 0 fully saturated rings. The lowest BCUT2D eigenvalue weighted by molar-refractivity contribution is 0.110. The number of nitrogens with zero attached hydrogens (tertiary/aromatic N) is 2. The number of hydrogen-bond acceptors (Lipinski definition) is 3. The van der Waals surface area contributed by atoms with Gasteiger partial charge in [-0.25, -0.2) is 0 Å². The number of ether oxygens (including phenoxy) is 1. The van der Waals surface area contributed by atoms with Crippen molar-refractivity contribution in [2.45, 2.75) is 19.8 Å². The van der Waals surface area contributed by atoms with Gasteiger partial charge in [0.15, 0.2) is 4.98 Å². The van der Waals surface area contributed by atoms with Crippen molar-refractivity contribution in [3.8, 4) is 0 Å². The molecule has 0 saturated carbocycles. The lowest BCUT2D eigenvalue weighted by atomic mass is 10.2. The lowest BCUT2D eigenvalue weighted by Gasteiger charge is -1.97. The topological polar surface area (TPSA) is 57.6 Å². The van der Waals surface area contributed by atoms with E-state index in [1.165, 1.54) is 6.08 Å². The summed E-state index contributed by atoms with van der Waals surface area (Å²) in [7, 11) is 0. The fourth-order valence-electron chi connectivity index (χ4n) is 1.44. The van der Waals surface area contributed by atoms with Crippen LogP contribution in [-0.2, 0) is 4.74 Å². The second-order valence-electron chi connectivity index (χ2n) is 4.11. The molecule has 0 aliphatic heterocycles. The van der Waals surface area contributed by atoms with Crippen LogP contribution in [0.2, 0.25) is 0 Å². The Balaban J connectivity index is 2.62. The number of diazo groups is 1. The van der Waals surface area contributed by atoms with Crippen molar-refractivity contribution in [3.05, 3.63) is 70.7 Å². The predicted octanol–water partition coefficient (Wildman–Crippen LogP) is 4.65. The monoisotopic (exact) mass is 271 g/mol. The molecule has 1 rings (SSSR count). The van der Waals surface area contributed by atoms with E-state index in [2.05, 4.69) is 11.9 Å². The normalized spacial score (nSPS) is 12.4. The summed E-state index contributed by atoms with van der Waals surface area (Å²) in [4.78, 5) is 3.01. The SMILES string of the molecule is CCC/C=C/CO/C(O)=C(/C=C/c1ccccc1)[N+]#N. The fraction of sp³-hybridized carbons (Fsp3) is 0.250. The minimum atomic E-state index is -0.402. The number of benzene rings is 1. The highest BCUT2D eigenvalue weighted by Gasteiger charge is 2.16. The third-order valence-electron chi connectivity index (χ3n) is 2.50. The fourth-order valence-corrected chi connectivity index (χ4v) is 1.44. The predicted molar refractivity (Wildman–Crippen MR) is 80.2 cm³/mol. The Hall–Kier alpha value is -2.54.